The van der Waals surface area contributed by atoms with Crippen LogP contribution in [0.5, 0.6) is 5.75 Å². The van der Waals surface area contributed by atoms with E-state index in [0.717, 1.165) is 40.9 Å². The maximum Gasteiger partial charge on any atom is 2.00 e. The number of nitrogens with one attached hydrogen (secondary N) is 2. The van der Waals surface area contributed by atoms with Crippen LogP contribution in [0.4, 0.5) is 23.0 Å². The van der Waals surface area contributed by atoms with Crippen LogP contribution in [0.15, 0.2) is 109 Å². The van der Waals surface area contributed by atoms with Crippen LogP contribution >= 0.6 is 0 Å². The van der Waals surface area contributed by atoms with Crippen molar-refractivity contribution in [2.24, 2.45) is 7.05 Å². The van der Waals surface area contributed by atoms with Gasteiger partial charge in [0, 0.05) is 62.1 Å². The summed E-state index contributed by atoms with van der Waals surface area (Å²) in [6.45, 7) is 1.61. The molecular weight excluding hydrogens is 618 g/mol. The van der Waals surface area contributed by atoms with Crippen molar-refractivity contribution < 1.29 is 26.6 Å². The van der Waals surface area contributed by atoms with Gasteiger partial charge < -0.3 is 34.5 Å². The van der Waals surface area contributed by atoms with Gasteiger partial charge in [-0.15, -0.1) is 6.07 Å². The Kier molecular flexibility index (Phi) is 11.8. The predicted octanol–water partition coefficient (Wildman–Crippen LogP) is 6.76. The average molecular weight is 658 g/mol. The number of anilines is 4. The summed E-state index contributed by atoms with van der Waals surface area (Å²) in [5.41, 5.74) is 5.69. The topological polar surface area (TPSA) is 87.5 Å². The van der Waals surface area contributed by atoms with E-state index >= 15 is 0 Å². The van der Waals surface area contributed by atoms with Gasteiger partial charge in [-0.05, 0) is 32.3 Å². The van der Waals surface area contributed by atoms with Crippen molar-refractivity contribution in [3.63, 3.8) is 0 Å². The minimum atomic E-state index is -0.183. The van der Waals surface area contributed by atoms with E-state index in [1.807, 2.05) is 101 Å². The summed E-state index contributed by atoms with van der Waals surface area (Å²) in [5.74, 6) is 0.848. The number of rotatable bonds is 10. The van der Waals surface area contributed by atoms with Crippen LogP contribution in [0.25, 0.3) is 22.2 Å². The molecular formula is C36H39FeN7O2. The molecule has 2 heterocycles. The van der Waals surface area contributed by atoms with Gasteiger partial charge in [0.2, 0.25) is 5.95 Å². The number of hydrogen-bond donors (Lipinski definition) is 2. The molecule has 0 saturated heterocycles. The quantitative estimate of drug-likeness (QED) is 0.124. The molecule has 0 saturated carbocycles. The summed E-state index contributed by atoms with van der Waals surface area (Å²) in [7, 11) is 9.72. The van der Waals surface area contributed by atoms with Crippen molar-refractivity contribution >= 4 is 39.8 Å². The summed E-state index contributed by atoms with van der Waals surface area (Å²) in [4.78, 5) is 26.5. The summed E-state index contributed by atoms with van der Waals surface area (Å²) in [5, 5.41) is 7.53. The number of benzene rings is 2. The van der Waals surface area contributed by atoms with Gasteiger partial charge in [-0.25, -0.2) is 22.1 Å². The van der Waals surface area contributed by atoms with E-state index in [1.165, 1.54) is 0 Å². The first-order chi connectivity index (χ1) is 21.8. The molecule has 0 radical (unpaired) electrons. The van der Waals surface area contributed by atoms with E-state index in [0.29, 0.717) is 28.6 Å². The summed E-state index contributed by atoms with van der Waals surface area (Å²) in [6, 6.07) is 31.2. The Morgan fingerprint density at radius 3 is 2.41 bits per heavy atom. The fourth-order valence-corrected chi connectivity index (χ4v) is 5.00. The largest absolute Gasteiger partial charge is 2.00 e. The molecule has 0 atom stereocenters. The van der Waals surface area contributed by atoms with Crippen molar-refractivity contribution in [2.75, 3.05) is 56.9 Å². The van der Waals surface area contributed by atoms with Crippen LogP contribution in [0.2, 0.25) is 0 Å². The van der Waals surface area contributed by atoms with Crippen molar-refractivity contribution in [3.05, 3.63) is 115 Å². The standard InChI is InChI=1S/C31H34N7O2.C5H5.Fe/c1-36(2)16-17-37(3)28-19-29(40-5)26(18-25(28)33-30(39)21-10-6-7-11-21)35-31-32-15-14-24(34-31)23-20-38(4)27-13-9-8-12-22(23)27;1-2-4-5-3-1;/h6-15,18-20H,16-17H2,1-5H3,(H,33,39)(H,32,34,35);1-5H;/q2*-1;+2. The SMILES string of the molecule is COc1cc(N(C)CCN(C)C)c(NC(=O)c2ccc[cH-]2)cc1Nc1nccc(-c2cn(C)c3ccccc23)n1.[Fe+2].c1cc[cH-]c1. The third kappa shape index (κ3) is 8.22. The van der Waals surface area contributed by atoms with Gasteiger partial charge in [0.25, 0.3) is 0 Å². The van der Waals surface area contributed by atoms with E-state index in [9.17, 15) is 4.79 Å². The first kappa shape index (κ1) is 34.0. The van der Waals surface area contributed by atoms with Gasteiger partial charge in [-0.2, -0.15) is 36.4 Å². The van der Waals surface area contributed by atoms with Crippen LogP contribution in [-0.4, -0.2) is 66.7 Å². The van der Waals surface area contributed by atoms with E-state index in [1.54, 1.807) is 25.4 Å². The summed E-state index contributed by atoms with van der Waals surface area (Å²) < 4.78 is 7.86. The zero-order valence-corrected chi connectivity index (χ0v) is 27.8. The van der Waals surface area contributed by atoms with Crippen LogP contribution in [0.1, 0.15) is 10.4 Å². The Bertz CT molecular complexity index is 1810. The number of likely N-dealkylation sites (N-methyl/N-ethyl adjacent to an activating group) is 2. The number of para-hydroxylation sites is 1. The molecule has 0 aliphatic rings. The Labute approximate surface area is 281 Å². The fourth-order valence-electron chi connectivity index (χ4n) is 5.00. The fraction of sp³-hybridized carbons (Fsp3) is 0.194. The molecule has 2 aromatic heterocycles. The van der Waals surface area contributed by atoms with Crippen LogP contribution in [0, 0.1) is 0 Å². The number of fused-ring (bicyclic) bond motifs is 1. The molecule has 6 rings (SSSR count). The number of ether oxygens (including phenoxy) is 1. The Balaban J connectivity index is 0.000000731. The molecule has 2 N–H and O–H groups in total. The molecule has 10 heteroatoms. The Morgan fingerprint density at radius 1 is 0.957 bits per heavy atom. The minimum absolute atomic E-state index is 0. The average Bonchev–Trinajstić information content (AvgIpc) is 3.85. The van der Waals surface area contributed by atoms with Gasteiger partial charge in [0.05, 0.1) is 29.9 Å². The predicted molar refractivity (Wildman–Crippen MR) is 184 cm³/mol. The Hall–Kier alpha value is -4.89. The van der Waals surface area contributed by atoms with E-state index in [2.05, 4.69) is 48.3 Å². The number of hydrogen-bond acceptors (Lipinski definition) is 7. The molecule has 238 valence electrons. The smallest absolute Gasteiger partial charge is 0.494 e. The van der Waals surface area contributed by atoms with Gasteiger partial charge in [0.15, 0.2) is 5.91 Å². The van der Waals surface area contributed by atoms with Crippen molar-refractivity contribution in [1.29, 1.82) is 0 Å². The van der Waals surface area contributed by atoms with Crippen molar-refractivity contribution in [3.8, 4) is 17.0 Å². The normalized spacial score (nSPS) is 10.6. The van der Waals surface area contributed by atoms with Crippen molar-refractivity contribution in [2.45, 2.75) is 0 Å². The van der Waals surface area contributed by atoms with E-state index in [4.69, 9.17) is 9.72 Å². The third-order valence-corrected chi connectivity index (χ3v) is 7.42. The number of methoxy groups -OCH3 is 1. The number of aryl methyl sites for hydroxylation is 1. The van der Waals surface area contributed by atoms with Crippen molar-refractivity contribution in [1.82, 2.24) is 19.4 Å². The number of amides is 1. The molecule has 46 heavy (non-hydrogen) atoms. The second-order valence-corrected chi connectivity index (χ2v) is 10.9. The van der Waals surface area contributed by atoms with Gasteiger partial charge in [0.1, 0.15) is 5.75 Å². The number of nitrogens with zero attached hydrogens (tertiary/aromatic N) is 5. The molecule has 1 amide bonds. The second kappa shape index (κ2) is 15.9. The summed E-state index contributed by atoms with van der Waals surface area (Å²) >= 11 is 0. The molecule has 0 spiro atoms. The van der Waals surface area contributed by atoms with E-state index < -0.39 is 0 Å². The van der Waals surface area contributed by atoms with Gasteiger partial charge in [-0.3, -0.25) is 0 Å². The van der Waals surface area contributed by atoms with E-state index in [-0.39, 0.29) is 23.0 Å². The van der Waals surface area contributed by atoms with Crippen LogP contribution in [0.3, 0.4) is 0 Å². The maximum absolute atomic E-state index is 13.0. The maximum atomic E-state index is 13.0. The molecule has 4 aromatic carbocycles. The molecule has 0 fully saturated rings. The molecule has 0 aliphatic carbocycles. The first-order valence-corrected chi connectivity index (χ1v) is 14.8. The molecule has 0 unspecified atom stereocenters. The number of carbonyl (C=O) groups is 1. The zero-order chi connectivity index (χ0) is 31.8. The van der Waals surface area contributed by atoms with Crippen LogP contribution < -0.4 is 20.3 Å². The number of carbonyl (C=O) groups excluding carboxylic acids is 1. The second-order valence-electron chi connectivity index (χ2n) is 10.9. The third-order valence-electron chi connectivity index (χ3n) is 7.42. The number of aromatic nitrogens is 3. The Morgan fingerprint density at radius 2 is 1.74 bits per heavy atom. The molecule has 9 nitrogen and oxygen atoms in total. The van der Waals surface area contributed by atoms with Gasteiger partial charge >= 0.3 is 17.1 Å². The van der Waals surface area contributed by atoms with Gasteiger partial charge in [-0.1, -0.05) is 23.8 Å². The summed E-state index contributed by atoms with van der Waals surface area (Å²) in [6.07, 6.45) is 3.81. The molecule has 0 bridgehead atoms. The first-order valence-electron chi connectivity index (χ1n) is 14.8. The minimum Gasteiger partial charge on any atom is -0.494 e. The van der Waals surface area contributed by atoms with Crippen LogP contribution in [-0.2, 0) is 24.1 Å². The zero-order valence-electron chi connectivity index (χ0n) is 26.7. The molecule has 0 aliphatic heterocycles. The molecule has 6 aromatic rings. The monoisotopic (exact) mass is 657 g/mol.